The van der Waals surface area contributed by atoms with Gasteiger partial charge in [0, 0.05) is 35.2 Å². The second kappa shape index (κ2) is 5.74. The number of carbonyl (C=O) groups is 1. The van der Waals surface area contributed by atoms with Crippen molar-refractivity contribution in [1.82, 2.24) is 4.98 Å². The summed E-state index contributed by atoms with van der Waals surface area (Å²) >= 11 is 3.36. The first kappa shape index (κ1) is 12.7. The van der Waals surface area contributed by atoms with E-state index in [4.69, 9.17) is 5.73 Å². The van der Waals surface area contributed by atoms with E-state index in [0.717, 1.165) is 35.7 Å². The molecule has 0 radical (unpaired) electrons. The summed E-state index contributed by atoms with van der Waals surface area (Å²) in [5.41, 5.74) is 6.88. The number of pyridine rings is 1. The number of hydrogen-bond donors (Lipinski definition) is 1. The number of hydrogen-bond acceptors (Lipinski definition) is 3. The Hall–Kier alpha value is -0.740. The summed E-state index contributed by atoms with van der Waals surface area (Å²) in [7, 11) is 0. The second-order valence-electron chi connectivity index (χ2n) is 4.78. The molecule has 0 amide bonds. The molecule has 1 aliphatic carbocycles. The molecule has 1 aliphatic rings. The number of rotatable bonds is 3. The quantitative estimate of drug-likeness (QED) is 0.932. The van der Waals surface area contributed by atoms with Crippen LogP contribution in [-0.4, -0.2) is 16.8 Å². The normalized spacial score (nSPS) is 24.6. The van der Waals surface area contributed by atoms with E-state index in [2.05, 4.69) is 20.9 Å². The fourth-order valence-corrected chi connectivity index (χ4v) is 2.83. The van der Waals surface area contributed by atoms with Crippen LogP contribution in [-0.2, 0) is 11.2 Å². The maximum Gasteiger partial charge on any atom is 0.140 e. The third-order valence-corrected chi connectivity index (χ3v) is 3.74. The third kappa shape index (κ3) is 3.61. The van der Waals surface area contributed by atoms with Crippen LogP contribution in [0, 0.1) is 5.92 Å². The number of nitrogens with two attached hydrogens (primary N) is 1. The molecule has 0 bridgehead atoms. The molecular formula is C13H17BrN2O. The summed E-state index contributed by atoms with van der Waals surface area (Å²) < 4.78 is 0.920. The highest BCUT2D eigenvalue weighted by Gasteiger charge is 2.25. The molecule has 17 heavy (non-hydrogen) atoms. The molecule has 2 rings (SSSR count). The van der Waals surface area contributed by atoms with Gasteiger partial charge in [0.15, 0.2) is 0 Å². The van der Waals surface area contributed by atoms with Crippen molar-refractivity contribution in [3.63, 3.8) is 0 Å². The molecule has 1 heterocycles. The zero-order valence-electron chi connectivity index (χ0n) is 9.73. The first-order valence-electron chi connectivity index (χ1n) is 6.03. The van der Waals surface area contributed by atoms with Gasteiger partial charge in [-0.05, 0) is 46.8 Å². The molecule has 1 aromatic rings. The van der Waals surface area contributed by atoms with E-state index in [1.54, 1.807) is 12.4 Å². The molecule has 3 nitrogen and oxygen atoms in total. The van der Waals surface area contributed by atoms with Crippen LogP contribution in [0.1, 0.15) is 31.2 Å². The van der Waals surface area contributed by atoms with Gasteiger partial charge in [0.1, 0.15) is 5.78 Å². The van der Waals surface area contributed by atoms with Gasteiger partial charge in [0.2, 0.25) is 0 Å². The lowest BCUT2D eigenvalue weighted by atomic mass is 9.82. The smallest absolute Gasteiger partial charge is 0.140 e. The Kier molecular flexibility index (Phi) is 4.29. The average Bonchev–Trinajstić information content (AvgIpc) is 2.29. The molecule has 1 fully saturated rings. The third-order valence-electron chi connectivity index (χ3n) is 3.31. The standard InChI is InChI=1S/C13H17BrN2O/c14-11-4-9(7-16-8-11)5-13(17)10-2-1-3-12(15)6-10/h4,7-8,10,12H,1-3,5-6,15H2. The molecular weight excluding hydrogens is 280 g/mol. The van der Waals surface area contributed by atoms with E-state index in [1.807, 2.05) is 6.07 Å². The zero-order chi connectivity index (χ0) is 12.3. The molecule has 1 aromatic heterocycles. The van der Waals surface area contributed by atoms with Crippen LogP contribution in [0.15, 0.2) is 22.9 Å². The molecule has 2 unspecified atom stereocenters. The maximum atomic E-state index is 12.1. The molecule has 2 N–H and O–H groups in total. The Morgan fingerprint density at radius 1 is 1.47 bits per heavy atom. The Bertz CT molecular complexity index is 408. The van der Waals surface area contributed by atoms with Crippen molar-refractivity contribution < 1.29 is 4.79 Å². The Morgan fingerprint density at radius 3 is 3.00 bits per heavy atom. The molecule has 0 saturated heterocycles. The van der Waals surface area contributed by atoms with Gasteiger partial charge in [0.25, 0.3) is 0 Å². The van der Waals surface area contributed by atoms with Gasteiger partial charge in [-0.15, -0.1) is 0 Å². The van der Waals surface area contributed by atoms with Crippen molar-refractivity contribution >= 4 is 21.7 Å². The lowest BCUT2D eigenvalue weighted by Crippen LogP contribution is -2.32. The van der Waals surface area contributed by atoms with Gasteiger partial charge < -0.3 is 5.73 Å². The van der Waals surface area contributed by atoms with Crippen molar-refractivity contribution in [2.45, 2.75) is 38.1 Å². The highest BCUT2D eigenvalue weighted by atomic mass is 79.9. The average molecular weight is 297 g/mol. The van der Waals surface area contributed by atoms with Crippen molar-refractivity contribution in [3.05, 3.63) is 28.5 Å². The number of aromatic nitrogens is 1. The monoisotopic (exact) mass is 296 g/mol. The van der Waals surface area contributed by atoms with Crippen LogP contribution in [0.4, 0.5) is 0 Å². The minimum atomic E-state index is 0.151. The lowest BCUT2D eigenvalue weighted by Gasteiger charge is -2.25. The summed E-state index contributed by atoms with van der Waals surface area (Å²) in [4.78, 5) is 16.2. The number of carbonyl (C=O) groups excluding carboxylic acids is 1. The minimum absolute atomic E-state index is 0.151. The first-order valence-corrected chi connectivity index (χ1v) is 6.82. The van der Waals surface area contributed by atoms with Crippen molar-refractivity contribution in [2.75, 3.05) is 0 Å². The fourth-order valence-electron chi connectivity index (χ4n) is 2.42. The van der Waals surface area contributed by atoms with Gasteiger partial charge in [-0.3, -0.25) is 9.78 Å². The van der Waals surface area contributed by atoms with Crippen molar-refractivity contribution in [2.24, 2.45) is 11.7 Å². The summed E-state index contributed by atoms with van der Waals surface area (Å²) in [6.45, 7) is 0. The van der Waals surface area contributed by atoms with Crippen LogP contribution in [0.5, 0.6) is 0 Å². The van der Waals surface area contributed by atoms with Crippen molar-refractivity contribution in [1.29, 1.82) is 0 Å². The molecule has 4 heteroatoms. The van der Waals surface area contributed by atoms with Gasteiger partial charge in [0.05, 0.1) is 0 Å². The largest absolute Gasteiger partial charge is 0.328 e. The molecule has 2 atom stereocenters. The maximum absolute atomic E-state index is 12.1. The summed E-state index contributed by atoms with van der Waals surface area (Å²) in [5.74, 6) is 0.456. The topological polar surface area (TPSA) is 56.0 Å². The molecule has 92 valence electrons. The Morgan fingerprint density at radius 2 is 2.29 bits per heavy atom. The number of nitrogens with zero attached hydrogens (tertiary/aromatic N) is 1. The Labute approximate surface area is 110 Å². The van der Waals surface area contributed by atoms with Crippen LogP contribution in [0.25, 0.3) is 0 Å². The van der Waals surface area contributed by atoms with Gasteiger partial charge >= 0.3 is 0 Å². The highest BCUT2D eigenvalue weighted by Crippen LogP contribution is 2.25. The van der Waals surface area contributed by atoms with Gasteiger partial charge in [-0.25, -0.2) is 0 Å². The summed E-state index contributed by atoms with van der Waals surface area (Å²) in [6, 6.07) is 2.16. The number of Topliss-reactive ketones (excluding diaryl/α,β-unsaturated/α-hetero) is 1. The van der Waals surface area contributed by atoms with E-state index >= 15 is 0 Å². The van der Waals surface area contributed by atoms with E-state index < -0.39 is 0 Å². The van der Waals surface area contributed by atoms with Crippen LogP contribution in [0.2, 0.25) is 0 Å². The summed E-state index contributed by atoms with van der Waals surface area (Å²) in [5, 5.41) is 0. The lowest BCUT2D eigenvalue weighted by molar-refractivity contribution is -0.123. The highest BCUT2D eigenvalue weighted by molar-refractivity contribution is 9.10. The first-order chi connectivity index (χ1) is 8.15. The van der Waals surface area contributed by atoms with E-state index in [1.165, 1.54) is 0 Å². The second-order valence-corrected chi connectivity index (χ2v) is 5.69. The van der Waals surface area contributed by atoms with E-state index in [9.17, 15) is 4.79 Å². The SMILES string of the molecule is NC1CCCC(C(=O)Cc2cncc(Br)c2)C1. The van der Waals surface area contributed by atoms with Gasteiger partial charge in [-0.1, -0.05) is 6.42 Å². The van der Waals surface area contributed by atoms with Crippen LogP contribution < -0.4 is 5.73 Å². The van der Waals surface area contributed by atoms with Crippen LogP contribution in [0.3, 0.4) is 0 Å². The zero-order valence-corrected chi connectivity index (χ0v) is 11.3. The minimum Gasteiger partial charge on any atom is -0.328 e. The summed E-state index contributed by atoms with van der Waals surface area (Å²) in [6.07, 6.45) is 7.94. The van der Waals surface area contributed by atoms with Crippen LogP contribution >= 0.6 is 15.9 Å². The van der Waals surface area contributed by atoms with Crippen molar-refractivity contribution in [3.8, 4) is 0 Å². The van der Waals surface area contributed by atoms with Gasteiger partial charge in [-0.2, -0.15) is 0 Å². The fraction of sp³-hybridized carbons (Fsp3) is 0.538. The number of halogens is 1. The molecule has 1 saturated carbocycles. The predicted molar refractivity (Wildman–Crippen MR) is 70.6 cm³/mol. The Balaban J connectivity index is 1.96. The molecule has 0 aliphatic heterocycles. The predicted octanol–water partition coefficient (Wildman–Crippen LogP) is 2.47. The molecule has 0 aromatic carbocycles. The molecule has 0 spiro atoms. The van der Waals surface area contributed by atoms with E-state index in [-0.39, 0.29) is 12.0 Å². The number of ketones is 1. The van der Waals surface area contributed by atoms with E-state index in [0.29, 0.717) is 12.2 Å².